The van der Waals surface area contributed by atoms with Crippen LogP contribution in [0.1, 0.15) is 97.3 Å². The highest BCUT2D eigenvalue weighted by Gasteiger charge is 2.63. The Morgan fingerprint density at radius 2 is 1.89 bits per heavy atom. The van der Waals surface area contributed by atoms with Crippen molar-refractivity contribution in [3.05, 3.63) is 11.6 Å². The molecule has 35 heavy (non-hydrogen) atoms. The van der Waals surface area contributed by atoms with Gasteiger partial charge in [-0.2, -0.15) is 0 Å². The van der Waals surface area contributed by atoms with E-state index in [0.717, 1.165) is 57.2 Å². The smallest absolute Gasteiger partial charge is 0.260 e. The standard InChI is InChI=1S/C30H44N2O3/c1-4-30(34)17-14-26-24-11-10-22-18-23(12-15-28(22,2)25(24)13-16-29(26,30)3)32-35-20-27(33)31-19-21-8-6-5-7-9-21/h1,18,21,24-26,34H,5-17,19-20H2,2-3H3,(H,31,33)/b32-23+/t24-,25?,26?,28+,29+,30+/m0/s1. The number of terminal acetylenes is 1. The van der Waals surface area contributed by atoms with Crippen LogP contribution in [0.15, 0.2) is 16.8 Å². The second-order valence-corrected chi connectivity index (χ2v) is 12.7. The summed E-state index contributed by atoms with van der Waals surface area (Å²) in [6.45, 7) is 5.47. The Labute approximate surface area is 211 Å². The number of allylic oxidation sites excluding steroid dienone is 2. The van der Waals surface area contributed by atoms with Crippen LogP contribution in [0, 0.1) is 46.8 Å². The van der Waals surface area contributed by atoms with Crippen molar-refractivity contribution in [1.82, 2.24) is 5.32 Å². The number of carbonyl (C=O) groups excluding carboxylic acids is 1. The molecule has 5 heteroatoms. The first kappa shape index (κ1) is 24.9. The zero-order chi connectivity index (χ0) is 24.7. The van der Waals surface area contributed by atoms with E-state index in [1.807, 2.05) is 0 Å². The maximum atomic E-state index is 12.2. The molecule has 192 valence electrons. The number of hydrogen-bond donors (Lipinski definition) is 2. The van der Waals surface area contributed by atoms with Crippen LogP contribution >= 0.6 is 0 Å². The van der Waals surface area contributed by atoms with E-state index in [4.69, 9.17) is 11.3 Å². The maximum Gasteiger partial charge on any atom is 0.260 e. The topological polar surface area (TPSA) is 70.9 Å². The Hall–Kier alpha value is -1.80. The molecule has 0 aromatic heterocycles. The van der Waals surface area contributed by atoms with Crippen molar-refractivity contribution in [2.24, 2.45) is 39.7 Å². The number of nitrogens with one attached hydrogen (secondary N) is 1. The minimum atomic E-state index is -0.938. The van der Waals surface area contributed by atoms with Gasteiger partial charge in [-0.05, 0) is 99.4 Å². The van der Waals surface area contributed by atoms with Gasteiger partial charge in [-0.15, -0.1) is 6.42 Å². The van der Waals surface area contributed by atoms with Crippen molar-refractivity contribution in [3.8, 4) is 12.3 Å². The van der Waals surface area contributed by atoms with Gasteiger partial charge in [0.25, 0.3) is 5.91 Å². The van der Waals surface area contributed by atoms with Crippen LogP contribution in [0.4, 0.5) is 0 Å². The van der Waals surface area contributed by atoms with Gasteiger partial charge in [0.05, 0.1) is 5.71 Å². The molecule has 4 saturated carbocycles. The largest absolute Gasteiger partial charge is 0.385 e. The lowest BCUT2D eigenvalue weighted by atomic mass is 9.46. The Kier molecular flexibility index (Phi) is 6.81. The molecule has 5 aliphatic carbocycles. The summed E-state index contributed by atoms with van der Waals surface area (Å²) in [5, 5.41) is 18.6. The lowest BCUT2D eigenvalue weighted by molar-refractivity contribution is -0.125. The summed E-state index contributed by atoms with van der Waals surface area (Å²) in [6, 6.07) is 0. The fourth-order valence-corrected chi connectivity index (χ4v) is 8.77. The van der Waals surface area contributed by atoms with Gasteiger partial charge in [-0.3, -0.25) is 4.79 Å². The molecule has 0 spiro atoms. The molecule has 2 N–H and O–H groups in total. The van der Waals surface area contributed by atoms with Crippen LogP contribution < -0.4 is 5.32 Å². The van der Waals surface area contributed by atoms with E-state index in [1.165, 1.54) is 44.1 Å². The summed E-state index contributed by atoms with van der Waals surface area (Å²) in [4.78, 5) is 17.7. The van der Waals surface area contributed by atoms with E-state index in [0.29, 0.717) is 23.7 Å². The van der Waals surface area contributed by atoms with Gasteiger partial charge in [-0.1, -0.05) is 49.8 Å². The fourth-order valence-electron chi connectivity index (χ4n) is 8.77. The molecule has 5 nitrogen and oxygen atoms in total. The molecule has 4 fully saturated rings. The van der Waals surface area contributed by atoms with Crippen molar-refractivity contribution in [3.63, 3.8) is 0 Å². The Morgan fingerprint density at radius 3 is 2.66 bits per heavy atom. The first-order valence-electron chi connectivity index (χ1n) is 14.2. The molecular formula is C30H44N2O3. The van der Waals surface area contributed by atoms with Crippen LogP contribution in [-0.2, 0) is 9.63 Å². The quantitative estimate of drug-likeness (QED) is 0.410. The monoisotopic (exact) mass is 480 g/mol. The molecule has 0 bridgehead atoms. The average Bonchev–Trinajstić information content (AvgIpc) is 3.14. The molecule has 0 heterocycles. The summed E-state index contributed by atoms with van der Waals surface area (Å²) in [5.74, 6) is 5.15. The number of nitrogens with zero attached hydrogens (tertiary/aromatic N) is 1. The molecule has 0 aromatic rings. The van der Waals surface area contributed by atoms with Crippen LogP contribution in [-0.4, -0.2) is 35.5 Å². The first-order valence-corrected chi connectivity index (χ1v) is 14.2. The second-order valence-electron chi connectivity index (χ2n) is 12.7. The normalized spacial score (nSPS) is 42.3. The van der Waals surface area contributed by atoms with Crippen LogP contribution in [0.2, 0.25) is 0 Å². The van der Waals surface area contributed by atoms with Gasteiger partial charge < -0.3 is 15.3 Å². The summed E-state index contributed by atoms with van der Waals surface area (Å²) in [7, 11) is 0. The van der Waals surface area contributed by atoms with Crippen LogP contribution in [0.5, 0.6) is 0 Å². The van der Waals surface area contributed by atoms with E-state index in [-0.39, 0.29) is 23.3 Å². The van der Waals surface area contributed by atoms with Gasteiger partial charge in [0.1, 0.15) is 5.60 Å². The van der Waals surface area contributed by atoms with Crippen molar-refractivity contribution >= 4 is 11.6 Å². The van der Waals surface area contributed by atoms with Crippen molar-refractivity contribution in [1.29, 1.82) is 0 Å². The molecule has 2 unspecified atom stereocenters. The molecule has 1 amide bonds. The molecule has 5 rings (SSSR count). The molecule has 6 atom stereocenters. The minimum absolute atomic E-state index is 0.000287. The molecule has 0 saturated heterocycles. The van der Waals surface area contributed by atoms with Gasteiger partial charge >= 0.3 is 0 Å². The summed E-state index contributed by atoms with van der Waals surface area (Å²) >= 11 is 0. The first-order chi connectivity index (χ1) is 16.8. The van der Waals surface area contributed by atoms with E-state index in [1.54, 1.807) is 0 Å². The minimum Gasteiger partial charge on any atom is -0.385 e. The molecule has 5 aliphatic rings. The molecule has 0 aromatic carbocycles. The van der Waals surface area contributed by atoms with E-state index < -0.39 is 5.60 Å². The zero-order valence-electron chi connectivity index (χ0n) is 21.8. The van der Waals surface area contributed by atoms with Gasteiger partial charge in [0.15, 0.2) is 6.61 Å². The maximum absolute atomic E-state index is 12.2. The number of carbonyl (C=O) groups is 1. The zero-order valence-corrected chi connectivity index (χ0v) is 21.8. The van der Waals surface area contributed by atoms with E-state index in [2.05, 4.69) is 36.3 Å². The Morgan fingerprint density at radius 1 is 1.11 bits per heavy atom. The third-order valence-corrected chi connectivity index (χ3v) is 11.1. The number of hydrogen-bond acceptors (Lipinski definition) is 4. The highest BCUT2D eigenvalue weighted by atomic mass is 16.6. The van der Waals surface area contributed by atoms with Crippen molar-refractivity contribution < 1.29 is 14.7 Å². The molecule has 0 radical (unpaired) electrons. The Bertz CT molecular complexity index is 928. The second kappa shape index (κ2) is 9.58. The van der Waals surface area contributed by atoms with Crippen LogP contribution in [0.3, 0.4) is 0 Å². The van der Waals surface area contributed by atoms with Gasteiger partial charge in [0, 0.05) is 12.0 Å². The third kappa shape index (κ3) is 4.35. The summed E-state index contributed by atoms with van der Waals surface area (Å²) in [6.07, 6.45) is 22.6. The number of aliphatic hydroxyl groups is 1. The van der Waals surface area contributed by atoms with Crippen LogP contribution in [0.25, 0.3) is 0 Å². The van der Waals surface area contributed by atoms with Gasteiger partial charge in [-0.25, -0.2) is 0 Å². The lowest BCUT2D eigenvalue weighted by Gasteiger charge is -2.58. The highest BCUT2D eigenvalue weighted by Crippen LogP contribution is 2.67. The van der Waals surface area contributed by atoms with Crippen molar-refractivity contribution in [2.45, 2.75) is 103 Å². The average molecular weight is 481 g/mol. The SMILES string of the molecule is C#C[C@@]1(O)CCC2[C@H]3CCC4=C/C(=N/OCC(=O)NCC5CCCCC5)CC[C@@]4(C)C3CC[C@]21C. The van der Waals surface area contributed by atoms with E-state index >= 15 is 0 Å². The lowest BCUT2D eigenvalue weighted by Crippen LogP contribution is -2.54. The predicted molar refractivity (Wildman–Crippen MR) is 138 cm³/mol. The third-order valence-electron chi connectivity index (χ3n) is 11.1. The predicted octanol–water partition coefficient (Wildman–Crippen LogP) is 5.38. The fraction of sp³-hybridized carbons (Fsp3) is 0.800. The molecule has 0 aliphatic heterocycles. The van der Waals surface area contributed by atoms with Gasteiger partial charge in [0.2, 0.25) is 0 Å². The number of oxime groups is 1. The number of fused-ring (bicyclic) bond motifs is 5. The summed E-state index contributed by atoms with van der Waals surface area (Å²) < 4.78 is 0. The van der Waals surface area contributed by atoms with Crippen molar-refractivity contribution in [2.75, 3.05) is 13.2 Å². The number of rotatable bonds is 5. The highest BCUT2D eigenvalue weighted by molar-refractivity contribution is 5.96. The Balaban J connectivity index is 1.19. The molecular weight excluding hydrogens is 436 g/mol. The van der Waals surface area contributed by atoms with E-state index in [9.17, 15) is 9.90 Å². The number of amides is 1. The summed E-state index contributed by atoms with van der Waals surface area (Å²) in [5.41, 5.74) is 1.58.